The first kappa shape index (κ1) is 7.32. The molecule has 0 aromatic rings. The standard InChI is InChI=1S/C8H12FN/c1-6-2-4-7(9)8(10)5-3-6/h3,5,7H,2,4,10H2,1H3. The summed E-state index contributed by atoms with van der Waals surface area (Å²) in [6.07, 6.45) is 3.96. The molecule has 0 saturated carbocycles. The van der Waals surface area contributed by atoms with Gasteiger partial charge in [-0.2, -0.15) is 0 Å². The fraction of sp³-hybridized carbons (Fsp3) is 0.500. The Hall–Kier alpha value is -0.790. The van der Waals surface area contributed by atoms with Crippen LogP contribution in [0, 0.1) is 0 Å². The zero-order valence-electron chi connectivity index (χ0n) is 6.10. The molecule has 0 saturated heterocycles. The van der Waals surface area contributed by atoms with Crippen LogP contribution in [0.15, 0.2) is 23.4 Å². The molecule has 1 atom stereocenters. The Kier molecular flexibility index (Phi) is 2.10. The Labute approximate surface area is 60.4 Å². The Morgan fingerprint density at radius 1 is 1.60 bits per heavy atom. The van der Waals surface area contributed by atoms with Gasteiger partial charge in [0, 0.05) is 5.70 Å². The van der Waals surface area contributed by atoms with Gasteiger partial charge >= 0.3 is 0 Å². The van der Waals surface area contributed by atoms with E-state index in [2.05, 4.69) is 0 Å². The number of allylic oxidation sites excluding steroid dienone is 4. The van der Waals surface area contributed by atoms with Crippen molar-refractivity contribution in [2.75, 3.05) is 0 Å². The average molecular weight is 141 g/mol. The van der Waals surface area contributed by atoms with Gasteiger partial charge in [0.25, 0.3) is 0 Å². The van der Waals surface area contributed by atoms with Gasteiger partial charge in [0.2, 0.25) is 0 Å². The fourth-order valence-corrected chi connectivity index (χ4v) is 0.947. The lowest BCUT2D eigenvalue weighted by atomic mass is 10.1. The molecule has 1 aliphatic carbocycles. The van der Waals surface area contributed by atoms with Crippen molar-refractivity contribution in [3.63, 3.8) is 0 Å². The van der Waals surface area contributed by atoms with Crippen molar-refractivity contribution in [2.24, 2.45) is 5.73 Å². The number of rotatable bonds is 0. The molecule has 56 valence electrons. The molecule has 2 heteroatoms. The van der Waals surface area contributed by atoms with Crippen LogP contribution in [0.2, 0.25) is 0 Å². The van der Waals surface area contributed by atoms with Gasteiger partial charge in [-0.3, -0.25) is 0 Å². The average Bonchev–Trinajstić information content (AvgIpc) is 2.04. The van der Waals surface area contributed by atoms with Crippen LogP contribution in [0.5, 0.6) is 0 Å². The summed E-state index contributed by atoms with van der Waals surface area (Å²) in [6.45, 7) is 1.99. The minimum atomic E-state index is -0.936. The topological polar surface area (TPSA) is 26.0 Å². The molecule has 0 fully saturated rings. The molecule has 1 unspecified atom stereocenters. The van der Waals surface area contributed by atoms with E-state index in [4.69, 9.17) is 5.73 Å². The molecule has 1 aliphatic rings. The van der Waals surface area contributed by atoms with E-state index in [1.807, 2.05) is 13.0 Å². The van der Waals surface area contributed by atoms with E-state index in [9.17, 15) is 4.39 Å². The predicted octanol–water partition coefficient (Wildman–Crippen LogP) is 1.91. The minimum Gasteiger partial charge on any atom is -0.400 e. The van der Waals surface area contributed by atoms with Crippen molar-refractivity contribution in [3.8, 4) is 0 Å². The molecule has 0 aromatic carbocycles. The summed E-state index contributed by atoms with van der Waals surface area (Å²) in [4.78, 5) is 0. The van der Waals surface area contributed by atoms with Crippen LogP contribution < -0.4 is 5.73 Å². The maximum Gasteiger partial charge on any atom is 0.139 e. The molecule has 1 rings (SSSR count). The lowest BCUT2D eigenvalue weighted by Gasteiger charge is -2.03. The third-order valence-corrected chi connectivity index (χ3v) is 1.71. The second kappa shape index (κ2) is 2.86. The van der Waals surface area contributed by atoms with Crippen molar-refractivity contribution in [1.82, 2.24) is 0 Å². The molecule has 2 N–H and O–H groups in total. The fourth-order valence-electron chi connectivity index (χ4n) is 0.947. The number of hydrogen-bond donors (Lipinski definition) is 1. The highest BCUT2D eigenvalue weighted by atomic mass is 19.1. The minimum absolute atomic E-state index is 0.358. The summed E-state index contributed by atoms with van der Waals surface area (Å²) in [6, 6.07) is 0. The first-order chi connectivity index (χ1) is 4.70. The molecule has 10 heavy (non-hydrogen) atoms. The number of halogens is 1. The molecule has 0 spiro atoms. The van der Waals surface area contributed by atoms with Crippen LogP contribution in [0.3, 0.4) is 0 Å². The lowest BCUT2D eigenvalue weighted by Crippen LogP contribution is -2.11. The predicted molar refractivity (Wildman–Crippen MR) is 40.2 cm³/mol. The van der Waals surface area contributed by atoms with Gasteiger partial charge in [-0.05, 0) is 25.8 Å². The molecular weight excluding hydrogens is 129 g/mol. The molecule has 0 bridgehead atoms. The lowest BCUT2D eigenvalue weighted by molar-refractivity contribution is 0.359. The van der Waals surface area contributed by atoms with Crippen LogP contribution in [0.4, 0.5) is 4.39 Å². The van der Waals surface area contributed by atoms with E-state index in [1.54, 1.807) is 6.08 Å². The first-order valence-corrected chi connectivity index (χ1v) is 3.47. The smallest absolute Gasteiger partial charge is 0.139 e. The Balaban J connectivity index is 2.70. The summed E-state index contributed by atoms with van der Waals surface area (Å²) in [5.74, 6) is 0. The molecule has 0 aromatic heterocycles. The van der Waals surface area contributed by atoms with Crippen molar-refractivity contribution in [3.05, 3.63) is 23.4 Å². The van der Waals surface area contributed by atoms with E-state index < -0.39 is 6.17 Å². The van der Waals surface area contributed by atoms with E-state index >= 15 is 0 Å². The molecule has 0 aliphatic heterocycles. The van der Waals surface area contributed by atoms with Crippen molar-refractivity contribution >= 4 is 0 Å². The quantitative estimate of drug-likeness (QED) is 0.548. The second-order valence-corrected chi connectivity index (χ2v) is 2.69. The normalized spacial score (nSPS) is 26.8. The SMILES string of the molecule is CC1=CC=C(N)C(F)CC1. The zero-order valence-corrected chi connectivity index (χ0v) is 6.10. The Bertz CT molecular complexity index is 182. The molecule has 0 amide bonds. The largest absolute Gasteiger partial charge is 0.400 e. The maximum absolute atomic E-state index is 12.8. The van der Waals surface area contributed by atoms with Gasteiger partial charge in [-0.1, -0.05) is 11.6 Å². The highest BCUT2D eigenvalue weighted by molar-refractivity contribution is 5.20. The highest BCUT2D eigenvalue weighted by Crippen LogP contribution is 2.17. The number of hydrogen-bond acceptors (Lipinski definition) is 1. The third kappa shape index (κ3) is 1.59. The van der Waals surface area contributed by atoms with Gasteiger partial charge in [0.15, 0.2) is 0 Å². The van der Waals surface area contributed by atoms with Crippen LogP contribution in [0.25, 0.3) is 0 Å². The third-order valence-electron chi connectivity index (χ3n) is 1.71. The monoisotopic (exact) mass is 141 g/mol. The molecule has 1 nitrogen and oxygen atoms in total. The van der Waals surface area contributed by atoms with Gasteiger partial charge in [0.05, 0.1) is 0 Å². The van der Waals surface area contributed by atoms with E-state index in [0.29, 0.717) is 12.1 Å². The van der Waals surface area contributed by atoms with Gasteiger partial charge in [-0.25, -0.2) is 4.39 Å². The van der Waals surface area contributed by atoms with Crippen molar-refractivity contribution in [1.29, 1.82) is 0 Å². The number of alkyl halides is 1. The summed E-state index contributed by atoms with van der Waals surface area (Å²) >= 11 is 0. The molecule has 0 heterocycles. The van der Waals surface area contributed by atoms with Crippen molar-refractivity contribution < 1.29 is 4.39 Å². The molecule has 0 radical (unpaired) electrons. The molecular formula is C8H12FN. The van der Waals surface area contributed by atoms with E-state index in [-0.39, 0.29) is 0 Å². The van der Waals surface area contributed by atoms with Gasteiger partial charge in [0.1, 0.15) is 6.17 Å². The number of nitrogens with two attached hydrogens (primary N) is 1. The summed E-state index contributed by atoms with van der Waals surface area (Å²) in [5.41, 5.74) is 6.94. The summed E-state index contributed by atoms with van der Waals surface area (Å²) < 4.78 is 12.8. The van der Waals surface area contributed by atoms with E-state index in [1.165, 1.54) is 5.57 Å². The second-order valence-electron chi connectivity index (χ2n) is 2.69. The Morgan fingerprint density at radius 2 is 2.30 bits per heavy atom. The van der Waals surface area contributed by atoms with Gasteiger partial charge < -0.3 is 5.73 Å². The van der Waals surface area contributed by atoms with Crippen molar-refractivity contribution in [2.45, 2.75) is 25.9 Å². The summed E-state index contributed by atoms with van der Waals surface area (Å²) in [7, 11) is 0. The van der Waals surface area contributed by atoms with Crippen LogP contribution in [0.1, 0.15) is 19.8 Å². The highest BCUT2D eigenvalue weighted by Gasteiger charge is 2.11. The van der Waals surface area contributed by atoms with Crippen LogP contribution in [-0.4, -0.2) is 6.17 Å². The Morgan fingerprint density at radius 3 is 3.00 bits per heavy atom. The van der Waals surface area contributed by atoms with E-state index in [0.717, 1.165) is 6.42 Å². The van der Waals surface area contributed by atoms with Gasteiger partial charge in [-0.15, -0.1) is 0 Å². The maximum atomic E-state index is 12.8. The summed E-state index contributed by atoms with van der Waals surface area (Å²) in [5, 5.41) is 0. The van der Waals surface area contributed by atoms with Crippen LogP contribution in [-0.2, 0) is 0 Å². The van der Waals surface area contributed by atoms with Crippen LogP contribution >= 0.6 is 0 Å². The zero-order chi connectivity index (χ0) is 7.56. The first-order valence-electron chi connectivity index (χ1n) is 3.47.